The summed E-state index contributed by atoms with van der Waals surface area (Å²) in [6.45, 7) is 3.25. The van der Waals surface area contributed by atoms with Crippen LogP contribution in [0.3, 0.4) is 0 Å². The lowest BCUT2D eigenvalue weighted by atomic mass is 10.1. The number of nitrogens with zero attached hydrogens (tertiary/aromatic N) is 2. The van der Waals surface area contributed by atoms with Gasteiger partial charge < -0.3 is 15.5 Å². The molecular weight excluding hydrogens is 547 g/mol. The number of halogens is 3. The third-order valence-electron chi connectivity index (χ3n) is 6.13. The van der Waals surface area contributed by atoms with Gasteiger partial charge in [-0.3, -0.25) is 9.52 Å². The van der Waals surface area contributed by atoms with Crippen LogP contribution in [0.5, 0.6) is 11.5 Å². The summed E-state index contributed by atoms with van der Waals surface area (Å²) in [5.41, 5.74) is 8.08. The number of ether oxygens (including phenoxy) is 1. The number of sulfonamides is 1. The Morgan fingerprint density at radius 2 is 1.73 bits per heavy atom. The number of benzene rings is 3. The first-order valence-corrected chi connectivity index (χ1v) is 13.6. The fraction of sp³-hybridized carbons (Fsp3) is 0.111. The number of nitrogens with two attached hydrogens (primary N) is 1. The minimum absolute atomic E-state index is 0.00897. The van der Waals surface area contributed by atoms with Crippen molar-refractivity contribution >= 4 is 38.2 Å². The number of anilines is 2. The van der Waals surface area contributed by atoms with Gasteiger partial charge in [-0.15, -0.1) is 0 Å². The number of nitrogens with one attached hydrogen (secondary N) is 2. The number of carbonyl (C=O) groups is 1. The van der Waals surface area contributed by atoms with E-state index in [0.29, 0.717) is 22.2 Å². The fourth-order valence-electron chi connectivity index (χ4n) is 4.31. The van der Waals surface area contributed by atoms with E-state index in [1.165, 1.54) is 25.3 Å². The molecule has 0 fully saturated rings. The van der Waals surface area contributed by atoms with Gasteiger partial charge in [0.1, 0.15) is 17.3 Å². The molecule has 0 spiro atoms. The number of fused-ring (bicyclic) bond motifs is 1. The molecule has 5 aromatic rings. The number of aromatic amines is 1. The van der Waals surface area contributed by atoms with Crippen molar-refractivity contribution in [1.29, 1.82) is 0 Å². The Hall–Kier alpha value is -4.78. The molecular formula is C27H22F3N5O4S. The Morgan fingerprint density at radius 1 is 1.02 bits per heavy atom. The molecule has 3 aromatic carbocycles. The predicted octanol–water partition coefficient (Wildman–Crippen LogP) is 5.36. The molecule has 2 aromatic heterocycles. The van der Waals surface area contributed by atoms with E-state index in [-0.39, 0.29) is 34.1 Å². The highest BCUT2D eigenvalue weighted by Crippen LogP contribution is 2.33. The average Bonchev–Trinajstić information content (AvgIpc) is 3.43. The second-order valence-corrected chi connectivity index (χ2v) is 11.0. The molecule has 0 radical (unpaired) electrons. The van der Waals surface area contributed by atoms with E-state index in [1.54, 1.807) is 25.1 Å². The van der Waals surface area contributed by atoms with Crippen molar-refractivity contribution in [2.24, 2.45) is 0 Å². The van der Waals surface area contributed by atoms with Gasteiger partial charge in [0.2, 0.25) is 15.8 Å². The number of aromatic nitrogens is 3. The Bertz CT molecular complexity index is 1890. The second kappa shape index (κ2) is 9.75. The van der Waals surface area contributed by atoms with Gasteiger partial charge in [0.05, 0.1) is 29.4 Å². The summed E-state index contributed by atoms with van der Waals surface area (Å²) in [5, 5.41) is 4.76. The first-order valence-electron chi connectivity index (χ1n) is 11.7. The van der Waals surface area contributed by atoms with Crippen molar-refractivity contribution < 1.29 is 31.1 Å². The van der Waals surface area contributed by atoms with Gasteiger partial charge in [-0.2, -0.15) is 5.10 Å². The van der Waals surface area contributed by atoms with Gasteiger partial charge >= 0.3 is 0 Å². The van der Waals surface area contributed by atoms with Crippen LogP contribution in [0.25, 0.3) is 16.6 Å². The predicted molar refractivity (Wildman–Crippen MR) is 144 cm³/mol. The quantitative estimate of drug-likeness (QED) is 0.226. The zero-order valence-corrected chi connectivity index (χ0v) is 22.2. The number of aryl methyl sites for hydroxylation is 2. The summed E-state index contributed by atoms with van der Waals surface area (Å²) in [4.78, 5) is 16.3. The number of hydrogen-bond donors (Lipinski definition) is 3. The Balaban J connectivity index is 1.47. The molecule has 13 heteroatoms. The summed E-state index contributed by atoms with van der Waals surface area (Å²) >= 11 is 0. The van der Waals surface area contributed by atoms with Crippen molar-refractivity contribution in [2.75, 3.05) is 16.7 Å². The Labute approximate surface area is 226 Å². The largest absolute Gasteiger partial charge is 0.451 e. The lowest BCUT2D eigenvalue weighted by molar-refractivity contribution is 0.103. The van der Waals surface area contributed by atoms with Crippen molar-refractivity contribution in [3.63, 3.8) is 0 Å². The van der Waals surface area contributed by atoms with Crippen LogP contribution in [-0.4, -0.2) is 35.2 Å². The maximum absolute atomic E-state index is 15.2. The molecule has 0 aliphatic rings. The number of rotatable bonds is 7. The van der Waals surface area contributed by atoms with E-state index < -0.39 is 39.0 Å². The highest BCUT2D eigenvalue weighted by molar-refractivity contribution is 7.92. The Morgan fingerprint density at radius 3 is 2.38 bits per heavy atom. The summed E-state index contributed by atoms with van der Waals surface area (Å²) in [5.74, 6) is -4.24. The molecule has 40 heavy (non-hydrogen) atoms. The monoisotopic (exact) mass is 569 g/mol. The standard InChI is InChI=1S/C27H22F3N5O4S/c1-13-7-15-9-23(33-22(15)11-21(13)34-40(3,37)38)25(36)17-12-32-35(27(17)31)24-14(2)8-16(10-20(24)30)39-26-18(28)5-4-6-19(26)29/h4-12,33-34H,31H2,1-3H3. The minimum Gasteiger partial charge on any atom is -0.451 e. The number of hydrogen-bond acceptors (Lipinski definition) is 6. The number of para-hydroxylation sites is 1. The molecule has 9 nitrogen and oxygen atoms in total. The zero-order valence-electron chi connectivity index (χ0n) is 21.3. The molecule has 0 saturated carbocycles. The van der Waals surface area contributed by atoms with Gasteiger partial charge in [0, 0.05) is 17.0 Å². The average molecular weight is 570 g/mol. The van der Waals surface area contributed by atoms with E-state index in [4.69, 9.17) is 10.5 Å². The SMILES string of the molecule is Cc1cc2cc(C(=O)c3cnn(-c4c(C)cc(Oc5c(F)cccc5F)cc4F)c3N)[nH]c2cc1NS(C)(=O)=O. The summed E-state index contributed by atoms with van der Waals surface area (Å²) < 4.78 is 75.2. The highest BCUT2D eigenvalue weighted by Gasteiger charge is 2.23. The van der Waals surface area contributed by atoms with Crippen LogP contribution in [-0.2, 0) is 10.0 Å². The maximum Gasteiger partial charge on any atom is 0.229 e. The van der Waals surface area contributed by atoms with Gasteiger partial charge in [-0.25, -0.2) is 26.3 Å². The first-order chi connectivity index (χ1) is 18.8. The topological polar surface area (TPSA) is 132 Å². The first kappa shape index (κ1) is 26.8. The van der Waals surface area contributed by atoms with E-state index in [2.05, 4.69) is 14.8 Å². The molecule has 0 saturated heterocycles. The Kier molecular flexibility index (Phi) is 6.54. The van der Waals surface area contributed by atoms with E-state index in [0.717, 1.165) is 29.1 Å². The van der Waals surface area contributed by atoms with Crippen LogP contribution >= 0.6 is 0 Å². The summed E-state index contributed by atoms with van der Waals surface area (Å²) in [6, 6.07) is 10.4. The molecule has 0 aliphatic heterocycles. The molecule has 0 atom stereocenters. The lowest BCUT2D eigenvalue weighted by Crippen LogP contribution is -2.10. The van der Waals surface area contributed by atoms with Crippen LogP contribution in [0.2, 0.25) is 0 Å². The van der Waals surface area contributed by atoms with Gasteiger partial charge in [0.25, 0.3) is 0 Å². The number of carbonyl (C=O) groups excluding carboxylic acids is 1. The molecule has 4 N–H and O–H groups in total. The number of H-pyrrole nitrogens is 1. The van der Waals surface area contributed by atoms with Crippen LogP contribution in [0.4, 0.5) is 24.7 Å². The van der Waals surface area contributed by atoms with Gasteiger partial charge in [-0.1, -0.05) is 6.07 Å². The molecule has 2 heterocycles. The minimum atomic E-state index is -3.51. The maximum atomic E-state index is 15.2. The van der Waals surface area contributed by atoms with Crippen LogP contribution in [0, 0.1) is 31.3 Å². The summed E-state index contributed by atoms with van der Waals surface area (Å²) in [6.07, 6.45) is 2.23. The fourth-order valence-corrected chi connectivity index (χ4v) is 4.93. The lowest BCUT2D eigenvalue weighted by Gasteiger charge is -2.13. The van der Waals surface area contributed by atoms with Crippen LogP contribution in [0.15, 0.2) is 54.7 Å². The van der Waals surface area contributed by atoms with Crippen molar-refractivity contribution in [1.82, 2.24) is 14.8 Å². The second-order valence-electron chi connectivity index (χ2n) is 9.22. The molecule has 206 valence electrons. The van der Waals surface area contributed by atoms with Crippen molar-refractivity contribution in [2.45, 2.75) is 13.8 Å². The third-order valence-corrected chi connectivity index (χ3v) is 6.73. The van der Waals surface area contributed by atoms with Gasteiger partial charge in [-0.05, 0) is 61.4 Å². The van der Waals surface area contributed by atoms with Crippen LogP contribution < -0.4 is 15.2 Å². The summed E-state index contributed by atoms with van der Waals surface area (Å²) in [7, 11) is -3.51. The normalized spacial score (nSPS) is 11.7. The molecule has 0 aliphatic carbocycles. The zero-order chi connectivity index (χ0) is 28.9. The van der Waals surface area contributed by atoms with Gasteiger partial charge in [0.15, 0.2) is 23.2 Å². The van der Waals surface area contributed by atoms with Crippen molar-refractivity contribution in [3.8, 4) is 17.2 Å². The smallest absolute Gasteiger partial charge is 0.229 e. The van der Waals surface area contributed by atoms with E-state index in [9.17, 15) is 22.0 Å². The van der Waals surface area contributed by atoms with E-state index >= 15 is 4.39 Å². The molecule has 0 bridgehead atoms. The third kappa shape index (κ3) is 4.98. The van der Waals surface area contributed by atoms with Crippen LogP contribution in [0.1, 0.15) is 27.2 Å². The molecule has 0 unspecified atom stereocenters. The van der Waals surface area contributed by atoms with E-state index in [1.807, 2.05) is 0 Å². The van der Waals surface area contributed by atoms with Crippen molar-refractivity contribution in [3.05, 3.63) is 94.6 Å². The molecule has 0 amide bonds. The molecule has 5 rings (SSSR count). The number of nitrogen functional groups attached to an aromatic ring is 1. The number of ketones is 1. The highest BCUT2D eigenvalue weighted by atomic mass is 32.2.